The molecule has 116 valence electrons. The average molecular weight is 367 g/mol. The molecule has 0 saturated carbocycles. The molecule has 5 nitrogen and oxygen atoms in total. The highest BCUT2D eigenvalue weighted by Crippen LogP contribution is 2.36. The van der Waals surface area contributed by atoms with E-state index in [0.29, 0.717) is 14.9 Å². The second kappa shape index (κ2) is 5.53. The van der Waals surface area contributed by atoms with Crippen LogP contribution in [0.3, 0.4) is 0 Å². The standard InChI is InChI=1S/C15H8Cl2N2O3S/c16-11-5-4-9(10(6-11)7-18)8-19-15(20)12-2-1-3-13(17)14(12)23(19,21)22/h1-6H,8H2. The highest BCUT2D eigenvalue weighted by Gasteiger charge is 2.42. The summed E-state index contributed by atoms with van der Waals surface area (Å²) in [5.41, 5.74) is 0.630. The zero-order valence-electron chi connectivity index (χ0n) is 11.5. The first kappa shape index (κ1) is 15.8. The molecule has 0 aliphatic carbocycles. The van der Waals surface area contributed by atoms with Gasteiger partial charge in [0.2, 0.25) is 0 Å². The van der Waals surface area contributed by atoms with Crippen LogP contribution in [0.25, 0.3) is 0 Å². The van der Waals surface area contributed by atoms with Crippen molar-refractivity contribution in [2.75, 3.05) is 0 Å². The normalized spacial score (nSPS) is 15.3. The third kappa shape index (κ3) is 2.47. The molecule has 1 aliphatic heterocycles. The van der Waals surface area contributed by atoms with Gasteiger partial charge in [0, 0.05) is 5.02 Å². The van der Waals surface area contributed by atoms with Gasteiger partial charge in [0.05, 0.1) is 28.8 Å². The van der Waals surface area contributed by atoms with Crippen molar-refractivity contribution in [3.05, 3.63) is 63.1 Å². The zero-order chi connectivity index (χ0) is 16.8. The van der Waals surface area contributed by atoms with Gasteiger partial charge in [-0.25, -0.2) is 12.7 Å². The number of nitriles is 1. The largest absolute Gasteiger partial charge is 0.269 e. The predicted octanol–water partition coefficient (Wildman–Crippen LogP) is 3.21. The summed E-state index contributed by atoms with van der Waals surface area (Å²) < 4.78 is 25.9. The van der Waals surface area contributed by atoms with Crippen molar-refractivity contribution >= 4 is 39.1 Å². The van der Waals surface area contributed by atoms with Gasteiger partial charge in [0.25, 0.3) is 15.9 Å². The quantitative estimate of drug-likeness (QED) is 0.817. The van der Waals surface area contributed by atoms with Crippen LogP contribution in [0.15, 0.2) is 41.3 Å². The van der Waals surface area contributed by atoms with Crippen LogP contribution in [0.5, 0.6) is 0 Å². The lowest BCUT2D eigenvalue weighted by atomic mass is 10.1. The maximum Gasteiger partial charge on any atom is 0.269 e. The molecule has 0 aromatic heterocycles. The van der Waals surface area contributed by atoms with E-state index in [-0.39, 0.29) is 27.6 Å². The molecule has 0 unspecified atom stereocenters. The Morgan fingerprint density at radius 3 is 2.57 bits per heavy atom. The Labute approximate surface area is 142 Å². The summed E-state index contributed by atoms with van der Waals surface area (Å²) >= 11 is 11.8. The molecule has 0 fully saturated rings. The third-order valence-electron chi connectivity index (χ3n) is 3.48. The average Bonchev–Trinajstić information content (AvgIpc) is 2.70. The molecule has 1 amide bonds. The van der Waals surface area contributed by atoms with Crippen LogP contribution >= 0.6 is 23.2 Å². The second-order valence-electron chi connectivity index (χ2n) is 4.85. The first-order valence-electron chi connectivity index (χ1n) is 6.40. The molecule has 0 atom stereocenters. The summed E-state index contributed by atoms with van der Waals surface area (Å²) in [7, 11) is -4.05. The fourth-order valence-electron chi connectivity index (χ4n) is 2.40. The van der Waals surface area contributed by atoms with Crippen molar-refractivity contribution in [2.24, 2.45) is 0 Å². The zero-order valence-corrected chi connectivity index (χ0v) is 13.8. The van der Waals surface area contributed by atoms with Gasteiger partial charge < -0.3 is 0 Å². The molecule has 2 aromatic rings. The minimum atomic E-state index is -4.05. The van der Waals surface area contributed by atoms with Crippen LogP contribution in [0.1, 0.15) is 21.5 Å². The molecule has 0 radical (unpaired) electrons. The predicted molar refractivity (Wildman–Crippen MR) is 84.7 cm³/mol. The van der Waals surface area contributed by atoms with Crippen LogP contribution < -0.4 is 0 Å². The molecule has 23 heavy (non-hydrogen) atoms. The van der Waals surface area contributed by atoms with Gasteiger partial charge in [-0.3, -0.25) is 4.79 Å². The smallest absolute Gasteiger partial charge is 0.268 e. The Morgan fingerprint density at radius 2 is 1.91 bits per heavy atom. The fourth-order valence-corrected chi connectivity index (χ4v) is 4.63. The van der Waals surface area contributed by atoms with Gasteiger partial charge in [0.15, 0.2) is 0 Å². The van der Waals surface area contributed by atoms with E-state index in [9.17, 15) is 13.2 Å². The maximum absolute atomic E-state index is 12.6. The van der Waals surface area contributed by atoms with Gasteiger partial charge >= 0.3 is 0 Å². The molecule has 3 rings (SSSR count). The van der Waals surface area contributed by atoms with Crippen molar-refractivity contribution in [3.8, 4) is 6.07 Å². The summed E-state index contributed by atoms with van der Waals surface area (Å²) in [5.74, 6) is -0.665. The van der Waals surface area contributed by atoms with Crippen molar-refractivity contribution < 1.29 is 13.2 Å². The maximum atomic E-state index is 12.6. The monoisotopic (exact) mass is 366 g/mol. The molecule has 1 aliphatic rings. The SMILES string of the molecule is N#Cc1cc(Cl)ccc1CN1C(=O)c2cccc(Cl)c2S1(=O)=O. The van der Waals surface area contributed by atoms with Crippen molar-refractivity contribution in [1.82, 2.24) is 4.31 Å². The van der Waals surface area contributed by atoms with Crippen molar-refractivity contribution in [2.45, 2.75) is 11.4 Å². The minimum absolute atomic E-state index is 0.00466. The van der Waals surface area contributed by atoms with E-state index in [1.807, 2.05) is 6.07 Å². The molecule has 1 heterocycles. The van der Waals surface area contributed by atoms with E-state index < -0.39 is 15.9 Å². The lowest BCUT2D eigenvalue weighted by molar-refractivity contribution is 0.0865. The summed E-state index contributed by atoms with van der Waals surface area (Å²) in [5, 5.41) is 9.50. The number of amides is 1. The molecule has 0 spiro atoms. The number of sulfonamides is 1. The number of hydrogen-bond donors (Lipinski definition) is 0. The van der Waals surface area contributed by atoms with Gasteiger partial charge in [0.1, 0.15) is 4.90 Å². The molecule has 0 bridgehead atoms. The Hall–Kier alpha value is -2.07. The van der Waals surface area contributed by atoms with Crippen LogP contribution in [0, 0.1) is 11.3 Å². The lowest BCUT2D eigenvalue weighted by Crippen LogP contribution is -2.29. The fraction of sp³-hybridized carbons (Fsp3) is 0.0667. The Kier molecular flexibility index (Phi) is 3.80. The highest BCUT2D eigenvalue weighted by atomic mass is 35.5. The molecular formula is C15H8Cl2N2O3S. The van der Waals surface area contributed by atoms with E-state index in [0.717, 1.165) is 0 Å². The Balaban J connectivity index is 2.09. The van der Waals surface area contributed by atoms with Crippen LogP contribution in [-0.4, -0.2) is 18.6 Å². The minimum Gasteiger partial charge on any atom is -0.268 e. The van der Waals surface area contributed by atoms with Crippen LogP contribution in [0.2, 0.25) is 10.0 Å². The molecule has 8 heteroatoms. The van der Waals surface area contributed by atoms with Crippen LogP contribution in [0.4, 0.5) is 0 Å². The van der Waals surface area contributed by atoms with Crippen molar-refractivity contribution in [1.29, 1.82) is 5.26 Å². The van der Waals surface area contributed by atoms with E-state index in [1.165, 1.54) is 36.4 Å². The first-order valence-corrected chi connectivity index (χ1v) is 8.60. The summed E-state index contributed by atoms with van der Waals surface area (Å²) in [6.45, 7) is -0.258. The van der Waals surface area contributed by atoms with E-state index in [2.05, 4.69) is 0 Å². The van der Waals surface area contributed by atoms with Gasteiger partial charge in [-0.1, -0.05) is 35.3 Å². The number of nitrogens with zero attached hydrogens (tertiary/aromatic N) is 2. The Morgan fingerprint density at radius 1 is 1.17 bits per heavy atom. The number of benzene rings is 2. The highest BCUT2D eigenvalue weighted by molar-refractivity contribution is 7.90. The summed E-state index contributed by atoms with van der Waals surface area (Å²) in [6.07, 6.45) is 0. The first-order chi connectivity index (χ1) is 10.9. The molecule has 0 N–H and O–H groups in total. The summed E-state index contributed by atoms with van der Waals surface area (Å²) in [4.78, 5) is 12.2. The van der Waals surface area contributed by atoms with E-state index >= 15 is 0 Å². The van der Waals surface area contributed by atoms with E-state index in [1.54, 1.807) is 0 Å². The number of hydrogen-bond acceptors (Lipinski definition) is 4. The van der Waals surface area contributed by atoms with Gasteiger partial charge in [-0.15, -0.1) is 0 Å². The number of halogens is 2. The lowest BCUT2D eigenvalue weighted by Gasteiger charge is -2.16. The van der Waals surface area contributed by atoms with Gasteiger partial charge in [-0.05, 0) is 29.8 Å². The third-order valence-corrected chi connectivity index (χ3v) is 5.97. The summed E-state index contributed by atoms with van der Waals surface area (Å²) in [6, 6.07) is 10.8. The number of fused-ring (bicyclic) bond motifs is 1. The number of carbonyl (C=O) groups excluding carboxylic acids is 1. The molecular weight excluding hydrogens is 359 g/mol. The topological polar surface area (TPSA) is 78.2 Å². The molecule has 0 saturated heterocycles. The number of carbonyl (C=O) groups is 1. The Bertz CT molecular complexity index is 981. The van der Waals surface area contributed by atoms with E-state index in [4.69, 9.17) is 28.5 Å². The van der Waals surface area contributed by atoms with Crippen LogP contribution in [-0.2, 0) is 16.6 Å². The molecule has 2 aromatic carbocycles. The van der Waals surface area contributed by atoms with Crippen molar-refractivity contribution in [3.63, 3.8) is 0 Å². The second-order valence-corrected chi connectivity index (χ2v) is 7.49. The number of rotatable bonds is 2. The van der Waals surface area contributed by atoms with Gasteiger partial charge in [-0.2, -0.15) is 5.26 Å².